The van der Waals surface area contributed by atoms with Gasteiger partial charge in [-0.3, -0.25) is 0 Å². The minimum absolute atomic E-state index is 0.260. The second-order valence-corrected chi connectivity index (χ2v) is 9.85. The van der Waals surface area contributed by atoms with Gasteiger partial charge in [0, 0.05) is 0 Å². The fraction of sp³-hybridized carbons (Fsp3) is 0.294. The minimum atomic E-state index is -1.17. The highest BCUT2D eigenvalue weighted by Crippen LogP contribution is 2.31. The number of ether oxygens (including phenoxy) is 5. The first-order valence-corrected chi connectivity index (χ1v) is 13.7. The average Bonchev–Trinajstić information content (AvgIpc) is 3.33. The number of aliphatic hydroxyl groups excluding tert-OH is 1. The Bertz CT molecular complexity index is 1240. The summed E-state index contributed by atoms with van der Waals surface area (Å²) in [5, 5.41) is 11.0. The van der Waals surface area contributed by atoms with Crippen LogP contribution in [0.25, 0.3) is 0 Å². The minimum Gasteiger partial charge on any atom is -0.374 e. The van der Waals surface area contributed by atoms with Crippen molar-refractivity contribution in [1.29, 1.82) is 0 Å². The van der Waals surface area contributed by atoms with Crippen LogP contribution in [0.4, 0.5) is 0 Å². The van der Waals surface area contributed by atoms with Gasteiger partial charge in [0.15, 0.2) is 6.29 Å². The molecule has 0 saturated carbocycles. The highest BCUT2D eigenvalue weighted by Gasteiger charge is 2.49. The van der Waals surface area contributed by atoms with E-state index in [-0.39, 0.29) is 6.61 Å². The van der Waals surface area contributed by atoms with Crippen LogP contribution in [0, 0.1) is 0 Å². The van der Waals surface area contributed by atoms with Gasteiger partial charge in [0.1, 0.15) is 24.4 Å². The maximum Gasteiger partial charge on any atom is 0.184 e. The Morgan fingerprint density at radius 3 is 1.48 bits per heavy atom. The molecule has 1 aliphatic heterocycles. The summed E-state index contributed by atoms with van der Waals surface area (Å²) in [5.41, 5.74) is 4.12. The van der Waals surface area contributed by atoms with E-state index in [0.29, 0.717) is 26.4 Å². The molecule has 1 saturated heterocycles. The molecule has 0 unspecified atom stereocenters. The molecule has 6 heteroatoms. The first kappa shape index (κ1) is 28.2. The molecule has 4 aromatic rings. The van der Waals surface area contributed by atoms with Crippen molar-refractivity contribution < 1.29 is 28.8 Å². The van der Waals surface area contributed by atoms with Crippen LogP contribution in [0.2, 0.25) is 0 Å². The smallest absolute Gasteiger partial charge is 0.184 e. The van der Waals surface area contributed by atoms with E-state index in [1.807, 2.05) is 121 Å². The third-order valence-electron chi connectivity index (χ3n) is 6.86. The number of benzene rings is 4. The zero-order chi connectivity index (χ0) is 27.4. The lowest BCUT2D eigenvalue weighted by Gasteiger charge is -2.29. The van der Waals surface area contributed by atoms with Gasteiger partial charge in [-0.25, -0.2) is 0 Å². The van der Waals surface area contributed by atoms with Crippen LogP contribution in [0.3, 0.4) is 0 Å². The van der Waals surface area contributed by atoms with Crippen molar-refractivity contribution in [2.45, 2.75) is 57.1 Å². The van der Waals surface area contributed by atoms with Crippen LogP contribution < -0.4 is 0 Å². The van der Waals surface area contributed by atoms with Crippen LogP contribution >= 0.6 is 0 Å². The fourth-order valence-electron chi connectivity index (χ4n) is 4.75. The molecular weight excluding hydrogens is 504 g/mol. The van der Waals surface area contributed by atoms with Crippen molar-refractivity contribution >= 4 is 0 Å². The zero-order valence-electron chi connectivity index (χ0n) is 22.5. The quantitative estimate of drug-likeness (QED) is 0.222. The maximum absolute atomic E-state index is 11.0. The second kappa shape index (κ2) is 14.9. The average molecular weight is 541 g/mol. The molecule has 208 valence electrons. The van der Waals surface area contributed by atoms with Gasteiger partial charge in [-0.05, 0) is 22.3 Å². The number of aliphatic hydroxyl groups is 1. The molecule has 1 aliphatic rings. The van der Waals surface area contributed by atoms with Crippen molar-refractivity contribution in [3.63, 3.8) is 0 Å². The summed E-state index contributed by atoms with van der Waals surface area (Å²) < 4.78 is 31.3. The molecule has 0 amide bonds. The molecule has 0 aliphatic carbocycles. The first-order chi connectivity index (χ1) is 19.8. The molecular formula is C34H36O6. The van der Waals surface area contributed by atoms with E-state index in [2.05, 4.69) is 0 Å². The predicted octanol–water partition coefficient (Wildman–Crippen LogP) is 5.68. The van der Waals surface area contributed by atoms with Crippen LogP contribution in [0.1, 0.15) is 22.3 Å². The molecule has 1 heterocycles. The Labute approximate surface area is 236 Å². The van der Waals surface area contributed by atoms with Gasteiger partial charge >= 0.3 is 0 Å². The molecule has 4 aromatic carbocycles. The number of hydrogen-bond acceptors (Lipinski definition) is 6. The van der Waals surface area contributed by atoms with Gasteiger partial charge in [0.25, 0.3) is 0 Å². The predicted molar refractivity (Wildman–Crippen MR) is 152 cm³/mol. The summed E-state index contributed by atoms with van der Waals surface area (Å²) in [7, 11) is 0. The van der Waals surface area contributed by atoms with E-state index in [4.69, 9.17) is 23.7 Å². The van der Waals surface area contributed by atoms with Crippen LogP contribution in [0.15, 0.2) is 121 Å². The molecule has 1 N–H and O–H groups in total. The van der Waals surface area contributed by atoms with Gasteiger partial charge in [0.05, 0.1) is 33.0 Å². The van der Waals surface area contributed by atoms with Crippen molar-refractivity contribution in [3.8, 4) is 0 Å². The second-order valence-electron chi connectivity index (χ2n) is 9.85. The normalized spacial score (nSPS) is 21.3. The lowest BCUT2D eigenvalue weighted by atomic mass is 10.0. The topological polar surface area (TPSA) is 66.4 Å². The molecule has 5 atom stereocenters. The number of rotatable bonds is 14. The van der Waals surface area contributed by atoms with Crippen molar-refractivity contribution in [2.75, 3.05) is 6.61 Å². The van der Waals surface area contributed by atoms with E-state index in [1.54, 1.807) is 0 Å². The molecule has 0 spiro atoms. The highest BCUT2D eigenvalue weighted by molar-refractivity contribution is 5.16. The standard InChI is InChI=1S/C34H36O6/c35-34-33(39-24-29-19-11-4-12-20-29)32(38-23-28-17-9-3-10-18-28)31(40-34)30(37-22-27-15-7-2-8-16-27)25-36-21-26-13-5-1-6-14-26/h1-20,30-35H,21-25H2/t30-,31-,32+,33-,34-/m1/s1. The first-order valence-electron chi connectivity index (χ1n) is 13.7. The Kier molecular flexibility index (Phi) is 10.5. The van der Waals surface area contributed by atoms with E-state index in [0.717, 1.165) is 22.3 Å². The van der Waals surface area contributed by atoms with Gasteiger partial charge in [-0.15, -0.1) is 0 Å². The summed E-state index contributed by atoms with van der Waals surface area (Å²) in [4.78, 5) is 0. The number of hydrogen-bond donors (Lipinski definition) is 1. The van der Waals surface area contributed by atoms with Crippen molar-refractivity contribution in [2.24, 2.45) is 0 Å². The Hall–Kier alpha value is -3.36. The van der Waals surface area contributed by atoms with Crippen molar-refractivity contribution in [1.82, 2.24) is 0 Å². The van der Waals surface area contributed by atoms with Gasteiger partial charge < -0.3 is 28.8 Å². The molecule has 0 bridgehead atoms. The van der Waals surface area contributed by atoms with E-state index in [9.17, 15) is 5.11 Å². The summed E-state index contributed by atoms with van der Waals surface area (Å²) in [5.74, 6) is 0. The van der Waals surface area contributed by atoms with Crippen LogP contribution in [-0.4, -0.2) is 42.4 Å². The van der Waals surface area contributed by atoms with Crippen LogP contribution in [0.5, 0.6) is 0 Å². The third-order valence-corrected chi connectivity index (χ3v) is 6.86. The van der Waals surface area contributed by atoms with E-state index in [1.165, 1.54) is 0 Å². The Morgan fingerprint density at radius 1 is 0.550 bits per heavy atom. The Balaban J connectivity index is 1.33. The van der Waals surface area contributed by atoms with Crippen molar-refractivity contribution in [3.05, 3.63) is 144 Å². The molecule has 0 radical (unpaired) electrons. The third kappa shape index (κ3) is 8.08. The molecule has 6 nitrogen and oxygen atoms in total. The summed E-state index contributed by atoms with van der Waals surface area (Å²) >= 11 is 0. The summed E-state index contributed by atoms with van der Waals surface area (Å²) in [6.45, 7) is 1.74. The van der Waals surface area contributed by atoms with E-state index >= 15 is 0 Å². The van der Waals surface area contributed by atoms with E-state index < -0.39 is 30.7 Å². The zero-order valence-corrected chi connectivity index (χ0v) is 22.5. The monoisotopic (exact) mass is 540 g/mol. The molecule has 5 rings (SSSR count). The van der Waals surface area contributed by atoms with Gasteiger partial charge in [-0.2, -0.15) is 0 Å². The molecule has 0 aromatic heterocycles. The maximum atomic E-state index is 11.0. The lowest BCUT2D eigenvalue weighted by Crippen LogP contribution is -2.45. The van der Waals surface area contributed by atoms with Crippen LogP contribution in [-0.2, 0) is 50.1 Å². The summed E-state index contributed by atoms with van der Waals surface area (Å²) in [6, 6.07) is 39.8. The fourth-order valence-corrected chi connectivity index (χ4v) is 4.75. The molecule has 40 heavy (non-hydrogen) atoms. The highest BCUT2D eigenvalue weighted by atomic mass is 16.7. The lowest BCUT2D eigenvalue weighted by molar-refractivity contribution is -0.174. The Morgan fingerprint density at radius 2 is 0.975 bits per heavy atom. The molecule has 1 fully saturated rings. The largest absolute Gasteiger partial charge is 0.374 e. The van der Waals surface area contributed by atoms with Gasteiger partial charge in [0.2, 0.25) is 0 Å². The van der Waals surface area contributed by atoms with Gasteiger partial charge in [-0.1, -0.05) is 121 Å². The summed E-state index contributed by atoms with van der Waals surface area (Å²) in [6.07, 6.45) is -3.58. The SMILES string of the molecule is O[C@@H]1O[C@H]([C@@H](COCc2ccccc2)OCc2ccccc2)[C@H](OCc2ccccc2)[C@H]1OCc1ccccc1.